The summed E-state index contributed by atoms with van der Waals surface area (Å²) in [6.45, 7) is 8.03. The number of fused-ring (bicyclic) bond motifs is 1. The van der Waals surface area contributed by atoms with Crippen molar-refractivity contribution in [2.75, 3.05) is 18.4 Å². The molecule has 3 aliphatic heterocycles. The fraction of sp³-hybridized carbons (Fsp3) is 0.500. The lowest BCUT2D eigenvalue weighted by molar-refractivity contribution is -0.136. The molecular weight excluding hydrogens is 500 g/mol. The highest BCUT2D eigenvalue weighted by Gasteiger charge is 2.45. The minimum Gasteiger partial charge on any atom is -0.380 e. The normalized spacial score (nSPS) is 20.3. The molecule has 2 saturated heterocycles. The van der Waals surface area contributed by atoms with E-state index in [0.717, 1.165) is 23.3 Å². The molecule has 1 atom stereocenters. The third kappa shape index (κ3) is 5.43. The monoisotopic (exact) mass is 534 g/mol. The van der Waals surface area contributed by atoms with Crippen LogP contribution in [0.15, 0.2) is 30.6 Å². The Morgan fingerprint density at radius 2 is 1.82 bits per heavy atom. The quantitative estimate of drug-likeness (QED) is 0.544. The van der Waals surface area contributed by atoms with Crippen molar-refractivity contribution in [1.82, 2.24) is 24.9 Å². The van der Waals surface area contributed by atoms with Crippen molar-refractivity contribution in [1.29, 1.82) is 0 Å². The molecule has 2 N–H and O–H groups in total. The molecule has 4 heterocycles. The van der Waals surface area contributed by atoms with Crippen molar-refractivity contribution >= 4 is 35.2 Å². The maximum atomic E-state index is 13.3. The van der Waals surface area contributed by atoms with E-state index >= 15 is 0 Å². The number of nitrogens with zero attached hydrogens (tertiary/aromatic N) is 4. The van der Waals surface area contributed by atoms with Crippen molar-refractivity contribution < 1.29 is 24.0 Å². The van der Waals surface area contributed by atoms with Crippen LogP contribution in [0.1, 0.15) is 85.2 Å². The second kappa shape index (κ2) is 10.3. The van der Waals surface area contributed by atoms with Crippen LogP contribution < -0.4 is 10.6 Å². The average molecular weight is 535 g/mol. The molecule has 1 aromatic carbocycles. The summed E-state index contributed by atoms with van der Waals surface area (Å²) in [6, 6.07) is 4.20. The van der Waals surface area contributed by atoms with Crippen molar-refractivity contribution in [2.24, 2.45) is 5.41 Å². The molecule has 2 fully saturated rings. The van der Waals surface area contributed by atoms with Crippen LogP contribution in [-0.2, 0) is 20.9 Å². The third-order valence-corrected chi connectivity index (χ3v) is 7.48. The SMILES string of the molecule is CC(C)(C)CC(=O)N1CCC(n2cc(CNc3cccc4c3C(=O)N(C3CCC(=O)NC3=O)C4=O)cn2)CC1. The van der Waals surface area contributed by atoms with E-state index in [1.54, 1.807) is 24.4 Å². The first kappa shape index (κ1) is 26.6. The molecule has 1 unspecified atom stereocenters. The zero-order chi connectivity index (χ0) is 27.9. The minimum absolute atomic E-state index is 0.0299. The summed E-state index contributed by atoms with van der Waals surface area (Å²) in [6.07, 6.45) is 6.14. The van der Waals surface area contributed by atoms with Gasteiger partial charge in [-0.05, 0) is 36.8 Å². The van der Waals surface area contributed by atoms with Crippen molar-refractivity contribution in [2.45, 2.75) is 71.5 Å². The molecule has 1 aromatic heterocycles. The first-order valence-corrected chi connectivity index (χ1v) is 13.4. The number of aromatic nitrogens is 2. The van der Waals surface area contributed by atoms with Crippen LogP contribution in [0.4, 0.5) is 5.69 Å². The molecule has 206 valence electrons. The van der Waals surface area contributed by atoms with Gasteiger partial charge in [-0.25, -0.2) is 0 Å². The van der Waals surface area contributed by atoms with Crippen LogP contribution in [0.3, 0.4) is 0 Å². The van der Waals surface area contributed by atoms with Crippen LogP contribution in [0.25, 0.3) is 0 Å². The van der Waals surface area contributed by atoms with Crippen LogP contribution in [-0.4, -0.2) is 68.2 Å². The van der Waals surface area contributed by atoms with Gasteiger partial charge in [-0.1, -0.05) is 26.8 Å². The van der Waals surface area contributed by atoms with Gasteiger partial charge in [0.25, 0.3) is 11.8 Å². The number of hydrogen-bond acceptors (Lipinski definition) is 7. The Kier molecular flexibility index (Phi) is 7.00. The number of imide groups is 2. The smallest absolute Gasteiger partial charge is 0.264 e. The van der Waals surface area contributed by atoms with Gasteiger partial charge in [-0.15, -0.1) is 0 Å². The Balaban J connectivity index is 1.21. The predicted molar refractivity (Wildman–Crippen MR) is 142 cm³/mol. The summed E-state index contributed by atoms with van der Waals surface area (Å²) in [4.78, 5) is 65.7. The molecule has 5 rings (SSSR count). The van der Waals surface area contributed by atoms with Gasteiger partial charge in [0, 0.05) is 49.9 Å². The molecule has 11 heteroatoms. The molecule has 5 amide bonds. The Morgan fingerprint density at radius 3 is 2.51 bits per heavy atom. The molecule has 0 radical (unpaired) electrons. The number of nitrogens with one attached hydrogen (secondary N) is 2. The number of hydrogen-bond donors (Lipinski definition) is 2. The molecular formula is C28H34N6O5. The standard InChI is InChI=1S/C28H34N6O5/c1-28(2,3)13-23(36)32-11-9-18(10-12-32)33-16-17(15-30-33)14-29-20-6-4-5-19-24(20)27(39)34(26(19)38)21-7-8-22(35)31-25(21)37/h4-6,15-16,18,21,29H,7-14H2,1-3H3,(H,31,35,37). The van der Waals surface area contributed by atoms with E-state index in [1.165, 1.54) is 0 Å². The van der Waals surface area contributed by atoms with Gasteiger partial charge in [-0.2, -0.15) is 5.10 Å². The maximum Gasteiger partial charge on any atom is 0.264 e. The summed E-state index contributed by atoms with van der Waals surface area (Å²) in [7, 11) is 0. The Morgan fingerprint density at radius 1 is 1.08 bits per heavy atom. The lowest BCUT2D eigenvalue weighted by Gasteiger charge is -2.33. The topological polar surface area (TPSA) is 134 Å². The van der Waals surface area contributed by atoms with Crippen LogP contribution in [0, 0.1) is 5.41 Å². The van der Waals surface area contributed by atoms with E-state index in [0.29, 0.717) is 31.7 Å². The van der Waals surface area contributed by atoms with E-state index in [1.807, 2.05) is 15.8 Å². The molecule has 11 nitrogen and oxygen atoms in total. The fourth-order valence-corrected chi connectivity index (χ4v) is 5.47. The molecule has 39 heavy (non-hydrogen) atoms. The highest BCUT2D eigenvalue weighted by molar-refractivity contribution is 6.25. The molecule has 3 aliphatic rings. The van der Waals surface area contributed by atoms with E-state index < -0.39 is 29.7 Å². The number of carbonyl (C=O) groups is 5. The van der Waals surface area contributed by atoms with Crippen LogP contribution >= 0.6 is 0 Å². The van der Waals surface area contributed by atoms with E-state index in [4.69, 9.17) is 0 Å². The maximum absolute atomic E-state index is 13.3. The van der Waals surface area contributed by atoms with Gasteiger partial charge < -0.3 is 10.2 Å². The number of anilines is 1. The molecule has 0 bridgehead atoms. The number of amides is 5. The van der Waals surface area contributed by atoms with Gasteiger partial charge >= 0.3 is 0 Å². The van der Waals surface area contributed by atoms with Crippen LogP contribution in [0.2, 0.25) is 0 Å². The summed E-state index contributed by atoms with van der Waals surface area (Å²) >= 11 is 0. The lowest BCUT2D eigenvalue weighted by Crippen LogP contribution is -2.54. The van der Waals surface area contributed by atoms with Gasteiger partial charge in [0.15, 0.2) is 0 Å². The fourth-order valence-electron chi connectivity index (χ4n) is 5.47. The predicted octanol–water partition coefficient (Wildman–Crippen LogP) is 2.50. The van der Waals surface area contributed by atoms with Crippen molar-refractivity contribution in [3.63, 3.8) is 0 Å². The lowest BCUT2D eigenvalue weighted by atomic mass is 9.91. The highest BCUT2D eigenvalue weighted by Crippen LogP contribution is 2.33. The molecule has 0 spiro atoms. The summed E-state index contributed by atoms with van der Waals surface area (Å²) < 4.78 is 1.94. The first-order chi connectivity index (χ1) is 18.5. The number of rotatable bonds is 6. The van der Waals surface area contributed by atoms with Gasteiger partial charge in [0.2, 0.25) is 17.7 Å². The Hall–Kier alpha value is -4.02. The average Bonchev–Trinajstić information content (AvgIpc) is 3.45. The zero-order valence-corrected chi connectivity index (χ0v) is 22.5. The largest absolute Gasteiger partial charge is 0.380 e. The zero-order valence-electron chi connectivity index (χ0n) is 22.5. The summed E-state index contributed by atoms with van der Waals surface area (Å²) in [5, 5.41) is 10.0. The van der Waals surface area contributed by atoms with Gasteiger partial charge in [0.1, 0.15) is 6.04 Å². The van der Waals surface area contributed by atoms with E-state index in [2.05, 4.69) is 36.5 Å². The summed E-state index contributed by atoms with van der Waals surface area (Å²) in [5.74, 6) is -1.92. The van der Waals surface area contributed by atoms with E-state index in [9.17, 15) is 24.0 Å². The molecule has 0 saturated carbocycles. The number of piperidine rings is 2. The van der Waals surface area contributed by atoms with Gasteiger partial charge in [-0.3, -0.25) is 38.9 Å². The Bertz CT molecular complexity index is 1330. The number of benzene rings is 1. The third-order valence-electron chi connectivity index (χ3n) is 7.48. The van der Waals surface area contributed by atoms with Crippen molar-refractivity contribution in [3.8, 4) is 0 Å². The number of likely N-dealkylation sites (tertiary alicyclic amines) is 1. The minimum atomic E-state index is -1.00. The molecule has 2 aromatic rings. The molecule has 0 aliphatic carbocycles. The second-order valence-corrected chi connectivity index (χ2v) is 11.7. The number of carbonyl (C=O) groups excluding carboxylic acids is 5. The van der Waals surface area contributed by atoms with E-state index in [-0.39, 0.29) is 41.3 Å². The van der Waals surface area contributed by atoms with Gasteiger partial charge in [0.05, 0.1) is 23.4 Å². The van der Waals surface area contributed by atoms with Crippen LogP contribution in [0.5, 0.6) is 0 Å². The second-order valence-electron chi connectivity index (χ2n) is 11.7. The first-order valence-electron chi connectivity index (χ1n) is 13.4. The summed E-state index contributed by atoms with van der Waals surface area (Å²) in [5.41, 5.74) is 1.85. The Labute approximate surface area is 226 Å². The highest BCUT2D eigenvalue weighted by atomic mass is 16.2. The van der Waals surface area contributed by atoms with Crippen molar-refractivity contribution in [3.05, 3.63) is 47.3 Å².